The van der Waals surface area contributed by atoms with E-state index in [2.05, 4.69) is 39.9 Å². The second-order valence-corrected chi connectivity index (χ2v) is 9.83. The molecule has 4 aromatic carbocycles. The third-order valence-electron chi connectivity index (χ3n) is 6.82. The van der Waals surface area contributed by atoms with Crippen molar-refractivity contribution < 1.29 is 18.7 Å². The van der Waals surface area contributed by atoms with Gasteiger partial charge in [-0.05, 0) is 71.6 Å². The number of benzene rings is 4. The highest BCUT2D eigenvalue weighted by Crippen LogP contribution is 2.44. The Labute approximate surface area is 229 Å². The molecule has 0 bridgehead atoms. The van der Waals surface area contributed by atoms with Crippen LogP contribution < -0.4 is 10.6 Å². The number of ether oxygens (including phenoxy) is 1. The summed E-state index contributed by atoms with van der Waals surface area (Å²) in [6.45, 7) is 1.77. The molecule has 1 heterocycles. The molecule has 194 valence electrons. The predicted octanol–water partition coefficient (Wildman–Crippen LogP) is 7.01. The zero-order chi connectivity index (χ0) is 26.9. The highest BCUT2D eigenvalue weighted by molar-refractivity contribution is 6.30. The van der Waals surface area contributed by atoms with Crippen molar-refractivity contribution in [3.8, 4) is 22.6 Å². The van der Waals surface area contributed by atoms with E-state index in [1.807, 2.05) is 36.4 Å². The normalized spacial score (nSPS) is 13.0. The summed E-state index contributed by atoms with van der Waals surface area (Å²) in [5.41, 5.74) is 7.06. The Kier molecular flexibility index (Phi) is 6.50. The van der Waals surface area contributed by atoms with E-state index < -0.39 is 12.1 Å². The molecule has 7 nitrogen and oxygen atoms in total. The number of alkyl carbamates (subject to hydrolysis) is 1. The molecule has 0 saturated carbocycles. The molecular weight excluding hydrogens is 514 g/mol. The number of carbonyl (C=O) groups excluding carboxylic acids is 2. The maximum atomic E-state index is 12.8. The third-order valence-corrected chi connectivity index (χ3v) is 7.07. The van der Waals surface area contributed by atoms with Gasteiger partial charge >= 0.3 is 6.09 Å². The van der Waals surface area contributed by atoms with Crippen LogP contribution >= 0.6 is 11.6 Å². The molecule has 8 heteroatoms. The minimum atomic E-state index is -0.821. The van der Waals surface area contributed by atoms with Gasteiger partial charge in [-0.25, -0.2) is 9.78 Å². The van der Waals surface area contributed by atoms with E-state index >= 15 is 0 Å². The first kappa shape index (κ1) is 24.7. The molecule has 0 spiro atoms. The second-order valence-electron chi connectivity index (χ2n) is 9.39. The molecule has 0 radical (unpaired) electrons. The number of nitrogens with zero attached hydrogens (tertiary/aromatic N) is 1. The molecule has 1 atom stereocenters. The van der Waals surface area contributed by atoms with Gasteiger partial charge in [-0.1, -0.05) is 60.1 Å². The average molecular weight is 538 g/mol. The summed E-state index contributed by atoms with van der Waals surface area (Å²) in [7, 11) is 0. The molecular formula is C31H24ClN3O4. The van der Waals surface area contributed by atoms with Gasteiger partial charge < -0.3 is 19.8 Å². The molecule has 6 rings (SSSR count). The number of halogens is 1. The summed E-state index contributed by atoms with van der Waals surface area (Å²) in [6.07, 6.45) is -0.654. The van der Waals surface area contributed by atoms with E-state index in [0.29, 0.717) is 27.7 Å². The van der Waals surface area contributed by atoms with Crippen LogP contribution in [0.3, 0.4) is 0 Å². The molecule has 1 aromatic heterocycles. The van der Waals surface area contributed by atoms with Crippen LogP contribution in [0.4, 0.5) is 10.5 Å². The van der Waals surface area contributed by atoms with E-state index in [1.54, 1.807) is 37.3 Å². The minimum absolute atomic E-state index is 0.0563. The van der Waals surface area contributed by atoms with Gasteiger partial charge in [-0.2, -0.15) is 0 Å². The Balaban J connectivity index is 1.07. The van der Waals surface area contributed by atoms with E-state index in [9.17, 15) is 9.59 Å². The number of hydrogen-bond donors (Lipinski definition) is 2. The number of fused-ring (bicyclic) bond motifs is 4. The molecule has 0 aliphatic heterocycles. The fourth-order valence-corrected chi connectivity index (χ4v) is 4.98. The van der Waals surface area contributed by atoms with Crippen molar-refractivity contribution in [3.63, 3.8) is 0 Å². The lowest BCUT2D eigenvalue weighted by Crippen LogP contribution is -2.42. The largest absolute Gasteiger partial charge is 0.449 e. The van der Waals surface area contributed by atoms with Crippen LogP contribution in [-0.2, 0) is 9.53 Å². The standard InChI is InChI=1S/C31H24ClN3O4/c1-18(33-31(37)38-17-26-24-8-4-2-6-22(24)23-7-3-5-9-25(23)26)29(36)34-21-14-15-28-27(16-21)35-30(39-28)19-10-12-20(32)13-11-19/h2-16,18,26H,17H2,1H3,(H,33,37)(H,34,36)/t18-/m0/s1. The van der Waals surface area contributed by atoms with E-state index in [4.69, 9.17) is 20.8 Å². The summed E-state index contributed by atoms with van der Waals surface area (Å²) in [5, 5.41) is 6.06. The van der Waals surface area contributed by atoms with Crippen LogP contribution in [0.25, 0.3) is 33.7 Å². The molecule has 1 aliphatic carbocycles. The molecule has 0 unspecified atom stereocenters. The monoisotopic (exact) mass is 537 g/mol. The molecule has 39 heavy (non-hydrogen) atoms. The number of carbonyl (C=O) groups is 2. The quantitative estimate of drug-likeness (QED) is 0.243. The Morgan fingerprint density at radius 1 is 0.949 bits per heavy atom. The van der Waals surface area contributed by atoms with Crippen molar-refractivity contribution in [2.24, 2.45) is 0 Å². The average Bonchev–Trinajstić information content (AvgIpc) is 3.51. The first-order valence-electron chi connectivity index (χ1n) is 12.5. The van der Waals surface area contributed by atoms with Crippen molar-refractivity contribution >= 4 is 40.4 Å². The van der Waals surface area contributed by atoms with Crippen LogP contribution in [0.1, 0.15) is 24.0 Å². The van der Waals surface area contributed by atoms with Crippen LogP contribution in [0.2, 0.25) is 5.02 Å². The Bertz CT molecular complexity index is 1650. The van der Waals surface area contributed by atoms with Crippen molar-refractivity contribution in [1.82, 2.24) is 10.3 Å². The summed E-state index contributed by atoms with van der Waals surface area (Å²) in [6, 6.07) is 27.8. The second kappa shape index (κ2) is 10.3. The van der Waals surface area contributed by atoms with Gasteiger partial charge in [0.1, 0.15) is 18.2 Å². The van der Waals surface area contributed by atoms with Gasteiger partial charge in [-0.15, -0.1) is 0 Å². The first-order chi connectivity index (χ1) is 19.0. The van der Waals surface area contributed by atoms with E-state index in [0.717, 1.165) is 27.8 Å². The third kappa shape index (κ3) is 4.96. The van der Waals surface area contributed by atoms with Crippen molar-refractivity contribution in [2.75, 3.05) is 11.9 Å². The molecule has 1 aliphatic rings. The van der Waals surface area contributed by atoms with Gasteiger partial charge in [0.15, 0.2) is 5.58 Å². The first-order valence-corrected chi connectivity index (χ1v) is 12.9. The lowest BCUT2D eigenvalue weighted by molar-refractivity contribution is -0.117. The van der Waals surface area contributed by atoms with Gasteiger partial charge in [0.25, 0.3) is 0 Å². The predicted molar refractivity (Wildman–Crippen MR) is 151 cm³/mol. The zero-order valence-corrected chi connectivity index (χ0v) is 21.7. The maximum absolute atomic E-state index is 12.8. The van der Waals surface area contributed by atoms with Crippen molar-refractivity contribution in [1.29, 1.82) is 0 Å². The molecule has 5 aromatic rings. The van der Waals surface area contributed by atoms with Crippen LogP contribution in [0, 0.1) is 0 Å². The van der Waals surface area contributed by atoms with Gasteiger partial charge in [-0.3, -0.25) is 4.79 Å². The fourth-order valence-electron chi connectivity index (χ4n) is 4.85. The number of aromatic nitrogens is 1. The van der Waals surface area contributed by atoms with Gasteiger partial charge in [0, 0.05) is 22.2 Å². The van der Waals surface area contributed by atoms with Crippen LogP contribution in [0.5, 0.6) is 0 Å². The molecule has 2 N–H and O–H groups in total. The summed E-state index contributed by atoms with van der Waals surface area (Å²) < 4.78 is 11.4. The smallest absolute Gasteiger partial charge is 0.407 e. The molecule has 2 amide bonds. The summed E-state index contributed by atoms with van der Waals surface area (Å²) >= 11 is 5.96. The molecule has 0 saturated heterocycles. The zero-order valence-electron chi connectivity index (χ0n) is 21.0. The van der Waals surface area contributed by atoms with Crippen LogP contribution in [0.15, 0.2) is 95.4 Å². The van der Waals surface area contributed by atoms with E-state index in [1.165, 1.54) is 0 Å². The number of rotatable bonds is 6. The highest BCUT2D eigenvalue weighted by Gasteiger charge is 2.29. The number of amides is 2. The number of anilines is 1. The van der Waals surface area contributed by atoms with Crippen molar-refractivity contribution in [2.45, 2.75) is 18.9 Å². The fraction of sp³-hybridized carbons (Fsp3) is 0.129. The van der Waals surface area contributed by atoms with Gasteiger partial charge in [0.05, 0.1) is 0 Å². The van der Waals surface area contributed by atoms with E-state index in [-0.39, 0.29) is 18.4 Å². The Hall–Kier alpha value is -4.62. The Morgan fingerprint density at radius 3 is 2.31 bits per heavy atom. The van der Waals surface area contributed by atoms with Crippen LogP contribution in [-0.4, -0.2) is 29.6 Å². The lowest BCUT2D eigenvalue weighted by Gasteiger charge is -2.17. The van der Waals surface area contributed by atoms with Crippen molar-refractivity contribution in [3.05, 3.63) is 107 Å². The minimum Gasteiger partial charge on any atom is -0.449 e. The topological polar surface area (TPSA) is 93.5 Å². The number of oxazole rings is 1. The Morgan fingerprint density at radius 2 is 1.62 bits per heavy atom. The lowest BCUT2D eigenvalue weighted by atomic mass is 9.98. The number of hydrogen-bond acceptors (Lipinski definition) is 5. The summed E-state index contributed by atoms with van der Waals surface area (Å²) in [5.74, 6) is 0.0129. The molecule has 0 fully saturated rings. The maximum Gasteiger partial charge on any atom is 0.407 e. The number of nitrogens with one attached hydrogen (secondary N) is 2. The SMILES string of the molecule is C[C@H](NC(=O)OCC1c2ccccc2-c2ccccc21)C(=O)Nc1ccc2oc(-c3ccc(Cl)cc3)nc2c1. The van der Waals surface area contributed by atoms with Gasteiger partial charge in [0.2, 0.25) is 11.8 Å². The highest BCUT2D eigenvalue weighted by atomic mass is 35.5. The summed E-state index contributed by atoms with van der Waals surface area (Å²) in [4.78, 5) is 29.9.